The van der Waals surface area contributed by atoms with E-state index < -0.39 is 31.8 Å². The summed E-state index contributed by atoms with van der Waals surface area (Å²) in [5.41, 5.74) is 4.67. The van der Waals surface area contributed by atoms with Crippen LogP contribution in [0.1, 0.15) is 54.9 Å². The van der Waals surface area contributed by atoms with Crippen LogP contribution in [0.4, 0.5) is 35.9 Å². The minimum Gasteiger partial charge on any atom is -0.369 e. The van der Waals surface area contributed by atoms with Crippen molar-refractivity contribution < 1.29 is 39.6 Å². The highest BCUT2D eigenvalue weighted by Crippen LogP contribution is 2.38. The number of rotatable bonds is 9. The SMILES string of the molecule is CCCC(=O)N1CCc2cc(S(=O)(=O)N3CCN(c4cc(C)cc(C(F)(F)F)c4)CC3)ccc21.O=C(C1CC1)N1CCc2cc(S(=O)(=O)N3CCN(c4cccc(Cl)c4)CC3)ccc21. The molecule has 0 N–H and O–H groups in total. The lowest BCUT2D eigenvalue weighted by Gasteiger charge is -2.35. The van der Waals surface area contributed by atoms with Gasteiger partial charge in [0, 0.05) is 106 Å². The van der Waals surface area contributed by atoms with E-state index in [0.717, 1.165) is 59.6 Å². The Morgan fingerprint density at radius 2 is 1.19 bits per heavy atom. The second-order valence-corrected chi connectivity index (χ2v) is 21.3. The second kappa shape index (κ2) is 18.3. The summed E-state index contributed by atoms with van der Waals surface area (Å²) in [4.78, 5) is 32.7. The molecule has 2 saturated heterocycles. The lowest BCUT2D eigenvalue weighted by molar-refractivity contribution is -0.137. The van der Waals surface area contributed by atoms with Crippen LogP contribution < -0.4 is 19.6 Å². The molecule has 5 aliphatic rings. The Hall–Kier alpha value is -4.68. The topological polar surface area (TPSA) is 122 Å². The average molecular weight is 942 g/mol. The highest BCUT2D eigenvalue weighted by atomic mass is 35.5. The molecule has 0 bridgehead atoms. The van der Waals surface area contributed by atoms with Crippen molar-refractivity contribution >= 4 is 66.2 Å². The van der Waals surface area contributed by atoms with Gasteiger partial charge in [-0.05, 0) is 129 Å². The van der Waals surface area contributed by atoms with E-state index in [0.29, 0.717) is 92.8 Å². The molecule has 4 heterocycles. The Bertz CT molecular complexity index is 2650. The van der Waals surface area contributed by atoms with Crippen molar-refractivity contribution in [2.75, 3.05) is 85.0 Å². The van der Waals surface area contributed by atoms with Gasteiger partial charge in [-0.2, -0.15) is 21.8 Å². The molecule has 64 heavy (non-hydrogen) atoms. The molecule has 0 spiro atoms. The number of carbonyl (C=O) groups excluding carboxylic acids is 2. The Morgan fingerprint density at radius 3 is 1.70 bits per heavy atom. The number of hydrogen-bond acceptors (Lipinski definition) is 8. The molecule has 12 nitrogen and oxygen atoms in total. The molecule has 0 unspecified atom stereocenters. The lowest BCUT2D eigenvalue weighted by atomic mass is 10.1. The highest BCUT2D eigenvalue weighted by Gasteiger charge is 2.38. The zero-order chi connectivity index (χ0) is 45.6. The molecule has 0 atom stereocenters. The monoisotopic (exact) mass is 940 g/mol. The van der Waals surface area contributed by atoms with Gasteiger partial charge >= 0.3 is 6.18 Å². The summed E-state index contributed by atoms with van der Waals surface area (Å²) < 4.78 is 95.5. The van der Waals surface area contributed by atoms with Crippen molar-refractivity contribution in [1.29, 1.82) is 0 Å². The van der Waals surface area contributed by atoms with E-state index in [1.165, 1.54) is 10.4 Å². The van der Waals surface area contributed by atoms with Crippen LogP contribution in [0.2, 0.25) is 5.02 Å². The fourth-order valence-corrected chi connectivity index (χ4v) is 12.0. The molecule has 1 saturated carbocycles. The van der Waals surface area contributed by atoms with Crippen LogP contribution in [0.3, 0.4) is 0 Å². The van der Waals surface area contributed by atoms with Gasteiger partial charge in [0.05, 0.1) is 15.4 Å². The number of fused-ring (bicyclic) bond motifs is 2. The largest absolute Gasteiger partial charge is 0.416 e. The molecule has 0 aromatic heterocycles. The third kappa shape index (κ3) is 9.64. The summed E-state index contributed by atoms with van der Waals surface area (Å²) in [5.74, 6) is 0.384. The second-order valence-electron chi connectivity index (χ2n) is 17.0. The third-order valence-electron chi connectivity index (χ3n) is 12.5. The van der Waals surface area contributed by atoms with Crippen LogP contribution in [-0.4, -0.2) is 103 Å². The van der Waals surface area contributed by atoms with Crippen molar-refractivity contribution in [3.8, 4) is 0 Å². The smallest absolute Gasteiger partial charge is 0.369 e. The van der Waals surface area contributed by atoms with E-state index in [1.54, 1.807) is 57.4 Å². The normalized spacial score (nSPS) is 18.4. The molecule has 3 fully saturated rings. The van der Waals surface area contributed by atoms with Gasteiger partial charge in [0.1, 0.15) is 0 Å². The number of anilines is 4. The van der Waals surface area contributed by atoms with Crippen molar-refractivity contribution in [3.05, 3.63) is 106 Å². The first-order valence-corrected chi connectivity index (χ1v) is 25.0. The van der Waals surface area contributed by atoms with Crippen LogP contribution in [0.25, 0.3) is 0 Å². The maximum atomic E-state index is 13.3. The van der Waals surface area contributed by atoms with Crippen LogP contribution in [0, 0.1) is 12.8 Å². The quantitative estimate of drug-likeness (QED) is 0.171. The molecule has 9 rings (SSSR count). The minimum atomic E-state index is -4.43. The summed E-state index contributed by atoms with van der Waals surface area (Å²) in [7, 11) is -7.32. The number of aryl methyl sites for hydroxylation is 1. The molecule has 2 amide bonds. The Labute approximate surface area is 378 Å². The number of nitrogens with zero attached hydrogens (tertiary/aromatic N) is 6. The number of amides is 2. The zero-order valence-electron chi connectivity index (χ0n) is 35.9. The molecule has 4 aromatic rings. The number of halogens is 4. The summed E-state index contributed by atoms with van der Waals surface area (Å²) in [6.07, 6.45) is 0.0294. The van der Waals surface area contributed by atoms with E-state index in [4.69, 9.17) is 11.6 Å². The third-order valence-corrected chi connectivity index (χ3v) is 16.6. The number of benzene rings is 4. The number of piperazine rings is 2. The summed E-state index contributed by atoms with van der Waals surface area (Å²) >= 11 is 6.08. The molecule has 18 heteroatoms. The predicted molar refractivity (Wildman–Crippen MR) is 242 cm³/mol. The standard InChI is InChI=1S/C24H28F3N3O3S.C22H24ClN3O3S/c1-3-4-23(31)30-8-7-18-15-21(5-6-22(18)30)34(32,33)29-11-9-28(10-12-29)20-14-17(2)13-19(16-20)24(25,26)27;23-18-2-1-3-19(15-18)24-10-12-25(13-11-24)30(28,29)20-6-7-21-17(14-20)8-9-26(21)22(27)16-4-5-16/h5-6,13-16H,3-4,7-12H2,1-2H3;1-3,6-7,14-16H,4-5,8-13H2. The first kappa shape index (κ1) is 45.9. The van der Waals surface area contributed by atoms with Crippen molar-refractivity contribution in [1.82, 2.24) is 8.61 Å². The van der Waals surface area contributed by atoms with Gasteiger partial charge in [-0.3, -0.25) is 9.59 Å². The number of carbonyl (C=O) groups is 2. The van der Waals surface area contributed by atoms with Crippen LogP contribution in [-0.2, 0) is 48.7 Å². The van der Waals surface area contributed by atoms with Crippen LogP contribution in [0.5, 0.6) is 0 Å². The number of sulfonamides is 2. The van der Waals surface area contributed by atoms with Crippen LogP contribution in [0.15, 0.2) is 88.7 Å². The Morgan fingerprint density at radius 1 is 0.656 bits per heavy atom. The number of hydrogen-bond donors (Lipinski definition) is 0. The van der Waals surface area contributed by atoms with Gasteiger partial charge in [-0.15, -0.1) is 0 Å². The fraction of sp³-hybridized carbons (Fsp3) is 0.435. The first-order valence-electron chi connectivity index (χ1n) is 21.8. The number of alkyl halides is 3. The van der Waals surface area contributed by atoms with Crippen molar-refractivity contribution in [3.63, 3.8) is 0 Å². The molecule has 4 aliphatic heterocycles. The van der Waals surface area contributed by atoms with Crippen molar-refractivity contribution in [2.45, 2.75) is 68.3 Å². The van der Waals surface area contributed by atoms with Gasteiger partial charge < -0.3 is 19.6 Å². The predicted octanol–water partition coefficient (Wildman–Crippen LogP) is 7.36. The van der Waals surface area contributed by atoms with Gasteiger partial charge in [0.2, 0.25) is 31.9 Å². The van der Waals surface area contributed by atoms with Crippen molar-refractivity contribution in [2.24, 2.45) is 5.92 Å². The van der Waals surface area contributed by atoms with E-state index in [1.807, 2.05) is 36.1 Å². The summed E-state index contributed by atoms with van der Waals surface area (Å²) in [6, 6.07) is 21.6. The van der Waals surface area contributed by atoms with Gasteiger partial charge in [0.15, 0.2) is 0 Å². The Kier molecular flexibility index (Phi) is 13.1. The van der Waals surface area contributed by atoms with Crippen LogP contribution >= 0.6 is 11.6 Å². The summed E-state index contributed by atoms with van der Waals surface area (Å²) in [6.45, 7) is 7.79. The fourth-order valence-electron chi connectivity index (χ4n) is 8.92. The van der Waals surface area contributed by atoms with Gasteiger partial charge in [0.25, 0.3) is 0 Å². The van der Waals surface area contributed by atoms with E-state index >= 15 is 0 Å². The minimum absolute atomic E-state index is 0.0396. The lowest BCUT2D eigenvalue weighted by Crippen LogP contribution is -2.48. The summed E-state index contributed by atoms with van der Waals surface area (Å²) in [5, 5.41) is 0.676. The molecular formula is C46H52ClF3N6O6S2. The maximum absolute atomic E-state index is 13.3. The molecule has 4 aromatic carbocycles. The Balaban J connectivity index is 0.000000176. The van der Waals surface area contributed by atoms with E-state index in [2.05, 4.69) is 4.90 Å². The van der Waals surface area contributed by atoms with E-state index in [-0.39, 0.29) is 35.7 Å². The molecule has 342 valence electrons. The van der Waals surface area contributed by atoms with E-state index in [9.17, 15) is 39.6 Å². The average Bonchev–Trinajstić information content (AvgIpc) is 3.91. The van der Waals surface area contributed by atoms with Gasteiger partial charge in [-0.25, -0.2) is 16.8 Å². The van der Waals surface area contributed by atoms with Gasteiger partial charge in [-0.1, -0.05) is 24.6 Å². The molecular weight excluding hydrogens is 889 g/mol. The maximum Gasteiger partial charge on any atom is 0.416 e. The zero-order valence-corrected chi connectivity index (χ0v) is 38.2. The highest BCUT2D eigenvalue weighted by molar-refractivity contribution is 7.89. The molecule has 1 aliphatic carbocycles. The first-order chi connectivity index (χ1) is 30.4. The molecule has 0 radical (unpaired) electrons.